The minimum Gasteiger partial charge on any atom is -0.494 e. The molecule has 0 aromatic heterocycles. The number of hydrogen-bond donors (Lipinski definition) is 1. The SMILES string of the molecule is C=O.C=O.CC.CCCCOc1cc(C)c(-c2cccc(CO)c2)c(C)c1. The van der Waals surface area contributed by atoms with Crippen molar-refractivity contribution in [3.05, 3.63) is 53.1 Å². The summed E-state index contributed by atoms with van der Waals surface area (Å²) in [5.74, 6) is 0.945. The second-order valence-corrected chi connectivity index (χ2v) is 5.49. The first-order chi connectivity index (χ1) is 13.2. The molecule has 4 nitrogen and oxygen atoms in total. The summed E-state index contributed by atoms with van der Waals surface area (Å²) in [5.41, 5.74) is 5.73. The molecule has 0 aliphatic heterocycles. The molecule has 0 fully saturated rings. The van der Waals surface area contributed by atoms with Crippen LogP contribution in [0.5, 0.6) is 5.75 Å². The number of rotatable bonds is 6. The number of aliphatic hydroxyl groups excluding tert-OH is 1. The van der Waals surface area contributed by atoms with Gasteiger partial charge in [-0.15, -0.1) is 0 Å². The average Bonchev–Trinajstić information content (AvgIpc) is 2.72. The van der Waals surface area contributed by atoms with Gasteiger partial charge in [0.15, 0.2) is 0 Å². The number of benzene rings is 2. The zero-order valence-electron chi connectivity index (χ0n) is 17.4. The lowest BCUT2D eigenvalue weighted by Gasteiger charge is -2.14. The van der Waals surface area contributed by atoms with Gasteiger partial charge in [0.1, 0.15) is 19.3 Å². The predicted molar refractivity (Wildman–Crippen MR) is 113 cm³/mol. The maximum Gasteiger partial charge on any atom is 0.119 e. The van der Waals surface area contributed by atoms with Crippen LogP contribution < -0.4 is 4.74 Å². The van der Waals surface area contributed by atoms with E-state index in [-0.39, 0.29) is 6.61 Å². The molecule has 0 aliphatic rings. The first kappa shape index (κ1) is 26.8. The highest BCUT2D eigenvalue weighted by atomic mass is 16.5. The summed E-state index contributed by atoms with van der Waals surface area (Å²) in [4.78, 5) is 16.0. The van der Waals surface area contributed by atoms with Gasteiger partial charge in [0.25, 0.3) is 0 Å². The molecule has 0 heterocycles. The van der Waals surface area contributed by atoms with E-state index >= 15 is 0 Å². The summed E-state index contributed by atoms with van der Waals surface area (Å²) >= 11 is 0. The first-order valence-electron chi connectivity index (χ1n) is 9.17. The molecule has 27 heavy (non-hydrogen) atoms. The maximum absolute atomic E-state index is 9.29. The number of aliphatic hydroxyl groups is 1. The van der Waals surface area contributed by atoms with E-state index in [4.69, 9.17) is 14.3 Å². The lowest BCUT2D eigenvalue weighted by atomic mass is 9.94. The van der Waals surface area contributed by atoms with E-state index in [1.165, 1.54) is 16.7 Å². The molecule has 0 saturated carbocycles. The minimum absolute atomic E-state index is 0.0736. The molecule has 0 unspecified atom stereocenters. The molecule has 0 bridgehead atoms. The fraction of sp³-hybridized carbons (Fsp3) is 0.391. The summed E-state index contributed by atoms with van der Waals surface area (Å²) < 4.78 is 5.80. The molecule has 0 atom stereocenters. The number of aryl methyl sites for hydroxylation is 2. The van der Waals surface area contributed by atoms with Gasteiger partial charge in [0, 0.05) is 0 Å². The molecule has 0 saturated heterocycles. The molecule has 4 heteroatoms. The summed E-state index contributed by atoms with van der Waals surface area (Å²) in [6.45, 7) is 15.2. The van der Waals surface area contributed by atoms with Gasteiger partial charge in [-0.1, -0.05) is 45.4 Å². The predicted octanol–water partition coefficient (Wildman–Crippen LogP) is 5.30. The van der Waals surface area contributed by atoms with Crippen LogP contribution in [0.25, 0.3) is 11.1 Å². The Bertz CT molecular complexity index is 613. The van der Waals surface area contributed by atoms with Gasteiger partial charge in [-0.2, -0.15) is 0 Å². The van der Waals surface area contributed by atoms with Crippen LogP contribution in [-0.2, 0) is 16.2 Å². The second-order valence-electron chi connectivity index (χ2n) is 5.49. The topological polar surface area (TPSA) is 63.6 Å². The van der Waals surface area contributed by atoms with Crippen LogP contribution in [-0.4, -0.2) is 25.3 Å². The number of carbonyl (C=O) groups is 2. The molecule has 0 aliphatic carbocycles. The average molecular weight is 375 g/mol. The van der Waals surface area contributed by atoms with Crippen molar-refractivity contribution in [3.8, 4) is 16.9 Å². The van der Waals surface area contributed by atoms with Gasteiger partial charge < -0.3 is 19.4 Å². The highest BCUT2D eigenvalue weighted by Gasteiger charge is 2.09. The van der Waals surface area contributed by atoms with Crippen LogP contribution in [0.4, 0.5) is 0 Å². The van der Waals surface area contributed by atoms with Crippen LogP contribution in [0.15, 0.2) is 36.4 Å². The molecule has 2 rings (SSSR count). The lowest BCUT2D eigenvalue weighted by molar-refractivity contribution is -0.0987. The van der Waals surface area contributed by atoms with Crippen LogP contribution in [0, 0.1) is 13.8 Å². The Labute approximate surface area is 164 Å². The van der Waals surface area contributed by atoms with E-state index in [0.717, 1.165) is 36.3 Å². The molecule has 1 N–H and O–H groups in total. The number of ether oxygens (including phenoxy) is 1. The van der Waals surface area contributed by atoms with Gasteiger partial charge in [-0.05, 0) is 66.3 Å². The Kier molecular flexibility index (Phi) is 16.8. The van der Waals surface area contributed by atoms with Crippen molar-refractivity contribution in [1.82, 2.24) is 0 Å². The molecule has 0 spiro atoms. The number of unbranched alkanes of at least 4 members (excludes halogenated alkanes) is 1. The van der Waals surface area contributed by atoms with Gasteiger partial charge in [0.2, 0.25) is 0 Å². The monoisotopic (exact) mass is 374 g/mol. The molecule has 150 valence electrons. The third kappa shape index (κ3) is 9.15. The quantitative estimate of drug-likeness (QED) is 0.697. The fourth-order valence-corrected chi connectivity index (χ4v) is 2.62. The molecule has 0 radical (unpaired) electrons. The van der Waals surface area contributed by atoms with Crippen LogP contribution in [0.2, 0.25) is 0 Å². The van der Waals surface area contributed by atoms with Crippen molar-refractivity contribution in [2.75, 3.05) is 6.61 Å². The largest absolute Gasteiger partial charge is 0.494 e. The maximum atomic E-state index is 9.29. The van der Waals surface area contributed by atoms with Gasteiger partial charge in [0.05, 0.1) is 13.2 Å². The molecular formula is C23H34O4. The number of hydrogen-bond acceptors (Lipinski definition) is 4. The van der Waals surface area contributed by atoms with Crippen LogP contribution in [0.1, 0.15) is 50.3 Å². The third-order valence-electron chi connectivity index (χ3n) is 3.67. The smallest absolute Gasteiger partial charge is 0.119 e. The van der Waals surface area contributed by atoms with E-state index in [2.05, 4.69) is 39.0 Å². The van der Waals surface area contributed by atoms with Crippen molar-refractivity contribution in [2.45, 2.75) is 54.1 Å². The summed E-state index contributed by atoms with van der Waals surface area (Å²) in [5, 5.41) is 9.29. The van der Waals surface area contributed by atoms with E-state index < -0.39 is 0 Å². The Morgan fingerprint density at radius 3 is 2.00 bits per heavy atom. The molecule has 2 aromatic rings. The second kappa shape index (κ2) is 17.0. The zero-order chi connectivity index (χ0) is 21.2. The van der Waals surface area contributed by atoms with Crippen molar-refractivity contribution < 1.29 is 19.4 Å². The summed E-state index contributed by atoms with van der Waals surface area (Å²) in [6.07, 6.45) is 2.22. The lowest BCUT2D eigenvalue weighted by Crippen LogP contribution is -1.98. The van der Waals surface area contributed by atoms with Gasteiger partial charge in [-0.3, -0.25) is 0 Å². The highest BCUT2D eigenvalue weighted by molar-refractivity contribution is 5.72. The van der Waals surface area contributed by atoms with Crippen LogP contribution >= 0.6 is 0 Å². The van der Waals surface area contributed by atoms with Crippen LogP contribution in [0.3, 0.4) is 0 Å². The Balaban J connectivity index is 0. The van der Waals surface area contributed by atoms with Gasteiger partial charge in [-0.25, -0.2) is 0 Å². The number of carbonyl (C=O) groups excluding carboxylic acids is 2. The Morgan fingerprint density at radius 1 is 0.963 bits per heavy atom. The molecular weight excluding hydrogens is 340 g/mol. The van der Waals surface area contributed by atoms with Crippen molar-refractivity contribution in [3.63, 3.8) is 0 Å². The Morgan fingerprint density at radius 2 is 1.52 bits per heavy atom. The highest BCUT2D eigenvalue weighted by Crippen LogP contribution is 2.31. The van der Waals surface area contributed by atoms with Crippen molar-refractivity contribution in [1.29, 1.82) is 0 Å². The minimum atomic E-state index is 0.0736. The normalized spacial score (nSPS) is 8.81. The summed E-state index contributed by atoms with van der Waals surface area (Å²) in [6, 6.07) is 12.3. The standard InChI is InChI=1S/C19H24O2.C2H6.2CH2O/c1-4-5-9-21-18-10-14(2)19(15(3)11-18)17-8-6-7-16(12-17)13-20;3*1-2/h6-8,10-12,20H,4-5,9,13H2,1-3H3;1-2H3;2*1H2. The fourth-order valence-electron chi connectivity index (χ4n) is 2.62. The Hall–Kier alpha value is -2.46. The van der Waals surface area contributed by atoms with Crippen molar-refractivity contribution >= 4 is 13.6 Å². The molecule has 0 amide bonds. The van der Waals surface area contributed by atoms with E-state index in [0.29, 0.717) is 0 Å². The van der Waals surface area contributed by atoms with Gasteiger partial charge >= 0.3 is 0 Å². The zero-order valence-corrected chi connectivity index (χ0v) is 17.4. The van der Waals surface area contributed by atoms with E-state index in [1.807, 2.05) is 45.6 Å². The van der Waals surface area contributed by atoms with E-state index in [9.17, 15) is 5.11 Å². The first-order valence-corrected chi connectivity index (χ1v) is 9.17. The van der Waals surface area contributed by atoms with E-state index in [1.54, 1.807) is 0 Å². The molecule has 2 aromatic carbocycles. The summed E-state index contributed by atoms with van der Waals surface area (Å²) in [7, 11) is 0. The third-order valence-corrected chi connectivity index (χ3v) is 3.67. The van der Waals surface area contributed by atoms with Crippen molar-refractivity contribution in [2.24, 2.45) is 0 Å².